The lowest BCUT2D eigenvalue weighted by molar-refractivity contribution is 0.102. The molecule has 3 rings (SSSR count). The molecule has 144 valence electrons. The zero-order chi connectivity index (χ0) is 20.1. The van der Waals surface area contributed by atoms with Gasteiger partial charge in [0.15, 0.2) is 0 Å². The number of hydrogen-bond donors (Lipinski definition) is 2. The van der Waals surface area contributed by atoms with E-state index in [1.807, 2.05) is 42.5 Å². The molecule has 0 spiro atoms. The average Bonchev–Trinajstić information content (AvgIpc) is 2.68. The van der Waals surface area contributed by atoms with Crippen molar-refractivity contribution in [2.45, 2.75) is 39.5 Å². The van der Waals surface area contributed by atoms with Crippen LogP contribution in [0, 0.1) is 0 Å². The van der Waals surface area contributed by atoms with Crippen molar-refractivity contribution in [1.29, 1.82) is 0 Å². The summed E-state index contributed by atoms with van der Waals surface area (Å²) in [6.45, 7) is 8.46. The van der Waals surface area contributed by atoms with Crippen molar-refractivity contribution in [3.63, 3.8) is 0 Å². The molecular weight excluding hydrogens is 348 g/mol. The number of nitrogens with one attached hydrogen (secondary N) is 2. The maximum atomic E-state index is 12.7. The molecule has 2 aromatic carbocycles. The molecule has 0 bridgehead atoms. The first-order chi connectivity index (χ1) is 13.4. The van der Waals surface area contributed by atoms with E-state index in [-0.39, 0.29) is 11.3 Å². The van der Waals surface area contributed by atoms with Crippen LogP contribution in [-0.4, -0.2) is 15.9 Å². The van der Waals surface area contributed by atoms with Gasteiger partial charge in [-0.05, 0) is 35.1 Å². The number of aryl methyl sites for hydroxylation is 1. The van der Waals surface area contributed by atoms with E-state index in [4.69, 9.17) is 0 Å². The van der Waals surface area contributed by atoms with Gasteiger partial charge in [0.05, 0.1) is 5.56 Å². The summed E-state index contributed by atoms with van der Waals surface area (Å²) < 4.78 is 0. The smallest absolute Gasteiger partial charge is 0.258 e. The van der Waals surface area contributed by atoms with E-state index in [1.165, 1.54) is 5.56 Å². The highest BCUT2D eigenvalue weighted by Gasteiger charge is 2.19. The van der Waals surface area contributed by atoms with E-state index >= 15 is 0 Å². The molecule has 1 aromatic heterocycles. The number of nitrogens with zero attached hydrogens (tertiary/aromatic N) is 2. The van der Waals surface area contributed by atoms with Gasteiger partial charge >= 0.3 is 0 Å². The summed E-state index contributed by atoms with van der Waals surface area (Å²) in [4.78, 5) is 21.3. The Bertz CT molecular complexity index is 959. The first-order valence-electron chi connectivity index (χ1n) is 9.46. The second kappa shape index (κ2) is 8.21. The first kappa shape index (κ1) is 19.5. The predicted molar refractivity (Wildman–Crippen MR) is 114 cm³/mol. The van der Waals surface area contributed by atoms with Gasteiger partial charge in [0, 0.05) is 23.8 Å². The van der Waals surface area contributed by atoms with E-state index in [0.29, 0.717) is 11.5 Å². The Kier molecular flexibility index (Phi) is 5.73. The zero-order valence-corrected chi connectivity index (χ0v) is 16.8. The van der Waals surface area contributed by atoms with Crippen molar-refractivity contribution in [3.8, 4) is 0 Å². The van der Waals surface area contributed by atoms with Gasteiger partial charge in [0.1, 0.15) is 0 Å². The van der Waals surface area contributed by atoms with Crippen molar-refractivity contribution >= 4 is 23.2 Å². The van der Waals surface area contributed by atoms with E-state index < -0.39 is 0 Å². The minimum atomic E-state index is -0.225. The third-order valence-corrected chi connectivity index (χ3v) is 4.54. The summed E-state index contributed by atoms with van der Waals surface area (Å²) in [6, 6.07) is 15.9. The van der Waals surface area contributed by atoms with Gasteiger partial charge in [-0.3, -0.25) is 4.79 Å². The molecule has 0 unspecified atom stereocenters. The lowest BCUT2D eigenvalue weighted by Gasteiger charge is -2.23. The third kappa shape index (κ3) is 4.55. The van der Waals surface area contributed by atoms with Crippen LogP contribution < -0.4 is 10.6 Å². The lowest BCUT2D eigenvalue weighted by atomic mass is 9.86. The number of hydrogen-bond acceptors (Lipinski definition) is 4. The highest BCUT2D eigenvalue weighted by Crippen LogP contribution is 2.29. The minimum absolute atomic E-state index is 0.0686. The maximum absolute atomic E-state index is 12.7. The number of anilines is 3. The molecule has 1 amide bonds. The van der Waals surface area contributed by atoms with Crippen LogP contribution >= 0.6 is 0 Å². The van der Waals surface area contributed by atoms with Gasteiger partial charge in [0.2, 0.25) is 5.95 Å². The Balaban J connectivity index is 1.75. The predicted octanol–water partition coefficient (Wildman–Crippen LogP) is 5.33. The highest BCUT2D eigenvalue weighted by atomic mass is 16.1. The zero-order valence-electron chi connectivity index (χ0n) is 16.8. The SMILES string of the molecule is CCc1ccccc1Nc1ncc(C(=O)Nc2ccccc2C(C)(C)C)cn1. The summed E-state index contributed by atoms with van der Waals surface area (Å²) in [5.74, 6) is 0.241. The summed E-state index contributed by atoms with van der Waals surface area (Å²) >= 11 is 0. The maximum Gasteiger partial charge on any atom is 0.258 e. The Morgan fingerprint density at radius 1 is 0.929 bits per heavy atom. The monoisotopic (exact) mass is 374 g/mol. The van der Waals surface area contributed by atoms with Crippen molar-refractivity contribution in [2.24, 2.45) is 0 Å². The van der Waals surface area contributed by atoms with Crippen LogP contribution in [0.1, 0.15) is 49.2 Å². The molecule has 0 saturated carbocycles. The molecule has 0 atom stereocenters. The van der Waals surface area contributed by atoms with Crippen LogP contribution in [0.2, 0.25) is 0 Å². The summed E-state index contributed by atoms with van der Waals surface area (Å²) in [5, 5.41) is 6.20. The molecule has 2 N–H and O–H groups in total. The normalized spacial score (nSPS) is 11.1. The standard InChI is InChI=1S/C23H26N4O/c1-5-16-10-6-8-12-19(16)27-22-24-14-17(15-25-22)21(28)26-20-13-9-7-11-18(20)23(2,3)4/h6-15H,5H2,1-4H3,(H,26,28)(H,24,25,27). The van der Waals surface area contributed by atoms with Crippen LogP contribution in [0.25, 0.3) is 0 Å². The average molecular weight is 374 g/mol. The molecule has 5 heteroatoms. The molecule has 0 fully saturated rings. The van der Waals surface area contributed by atoms with Crippen LogP contribution in [0.4, 0.5) is 17.3 Å². The van der Waals surface area contributed by atoms with Crippen LogP contribution in [-0.2, 0) is 11.8 Å². The molecule has 1 heterocycles. The van der Waals surface area contributed by atoms with Gasteiger partial charge in [-0.15, -0.1) is 0 Å². The molecule has 0 aliphatic rings. The Hall–Kier alpha value is -3.21. The van der Waals surface area contributed by atoms with Crippen molar-refractivity contribution < 1.29 is 4.79 Å². The van der Waals surface area contributed by atoms with Gasteiger partial charge in [-0.25, -0.2) is 9.97 Å². The highest BCUT2D eigenvalue weighted by molar-refractivity contribution is 6.04. The number of amides is 1. The Labute approximate surface area is 166 Å². The molecule has 0 aliphatic heterocycles. The molecular formula is C23H26N4O. The second-order valence-electron chi connectivity index (χ2n) is 7.68. The van der Waals surface area contributed by atoms with Crippen molar-refractivity contribution in [1.82, 2.24) is 9.97 Å². The Morgan fingerprint density at radius 2 is 1.54 bits per heavy atom. The lowest BCUT2D eigenvalue weighted by Crippen LogP contribution is -2.19. The molecule has 28 heavy (non-hydrogen) atoms. The van der Waals surface area contributed by atoms with E-state index in [2.05, 4.69) is 54.4 Å². The summed E-state index contributed by atoms with van der Waals surface area (Å²) in [5.41, 5.74) is 4.39. The fraction of sp³-hybridized carbons (Fsp3) is 0.261. The number of carbonyl (C=O) groups excluding carboxylic acids is 1. The molecule has 0 radical (unpaired) electrons. The molecule has 0 aliphatic carbocycles. The van der Waals surface area contributed by atoms with Gasteiger partial charge in [-0.2, -0.15) is 0 Å². The molecule has 3 aromatic rings. The topological polar surface area (TPSA) is 66.9 Å². The van der Waals surface area contributed by atoms with Crippen molar-refractivity contribution in [3.05, 3.63) is 77.6 Å². The molecule has 0 saturated heterocycles. The summed E-state index contributed by atoms with van der Waals surface area (Å²) in [7, 11) is 0. The first-order valence-corrected chi connectivity index (χ1v) is 9.46. The van der Waals surface area contributed by atoms with Crippen LogP contribution in [0.5, 0.6) is 0 Å². The van der Waals surface area contributed by atoms with E-state index in [1.54, 1.807) is 12.4 Å². The van der Waals surface area contributed by atoms with Crippen LogP contribution in [0.3, 0.4) is 0 Å². The minimum Gasteiger partial charge on any atom is -0.324 e. The summed E-state index contributed by atoms with van der Waals surface area (Å²) in [6.07, 6.45) is 3.99. The Morgan fingerprint density at radius 3 is 2.18 bits per heavy atom. The quantitative estimate of drug-likeness (QED) is 0.633. The fourth-order valence-corrected chi connectivity index (χ4v) is 3.02. The number of aromatic nitrogens is 2. The number of carbonyl (C=O) groups is 1. The van der Waals surface area contributed by atoms with E-state index in [0.717, 1.165) is 23.4 Å². The van der Waals surface area contributed by atoms with Crippen molar-refractivity contribution in [2.75, 3.05) is 10.6 Å². The van der Waals surface area contributed by atoms with Gasteiger partial charge in [-0.1, -0.05) is 64.1 Å². The van der Waals surface area contributed by atoms with Gasteiger partial charge < -0.3 is 10.6 Å². The second-order valence-corrected chi connectivity index (χ2v) is 7.68. The number of rotatable bonds is 5. The van der Waals surface area contributed by atoms with Gasteiger partial charge in [0.25, 0.3) is 5.91 Å². The molecule has 5 nitrogen and oxygen atoms in total. The number of para-hydroxylation sites is 2. The third-order valence-electron chi connectivity index (χ3n) is 4.54. The largest absolute Gasteiger partial charge is 0.324 e. The van der Waals surface area contributed by atoms with E-state index in [9.17, 15) is 4.79 Å². The fourth-order valence-electron chi connectivity index (χ4n) is 3.02. The number of benzene rings is 2. The van der Waals surface area contributed by atoms with Crippen LogP contribution in [0.15, 0.2) is 60.9 Å².